The van der Waals surface area contributed by atoms with E-state index in [1.165, 1.54) is 10.6 Å². The van der Waals surface area contributed by atoms with Crippen LogP contribution in [0.3, 0.4) is 0 Å². The van der Waals surface area contributed by atoms with Crippen LogP contribution in [0.4, 0.5) is 5.69 Å². The fourth-order valence-electron chi connectivity index (χ4n) is 2.50. The average Bonchev–Trinajstić information content (AvgIpc) is 2.44. The highest BCUT2D eigenvalue weighted by molar-refractivity contribution is 9.10. The quantitative estimate of drug-likeness (QED) is 0.749. The van der Waals surface area contributed by atoms with Crippen molar-refractivity contribution in [1.82, 2.24) is 4.57 Å². The van der Waals surface area contributed by atoms with Crippen molar-refractivity contribution in [3.8, 4) is 5.75 Å². The Morgan fingerprint density at radius 2 is 2.29 bits per heavy atom. The lowest BCUT2D eigenvalue weighted by Gasteiger charge is -2.28. The van der Waals surface area contributed by atoms with E-state index >= 15 is 0 Å². The van der Waals surface area contributed by atoms with Crippen LogP contribution in [0.2, 0.25) is 5.02 Å². The van der Waals surface area contributed by atoms with Gasteiger partial charge in [0, 0.05) is 5.39 Å². The lowest BCUT2D eigenvalue weighted by molar-refractivity contribution is 0.0694. The largest absolute Gasteiger partial charge is 0.488 e. The zero-order chi connectivity index (χ0) is 15.5. The van der Waals surface area contributed by atoms with Crippen molar-refractivity contribution in [3.05, 3.63) is 31.5 Å². The van der Waals surface area contributed by atoms with Crippen LogP contribution in [0.5, 0.6) is 5.75 Å². The van der Waals surface area contributed by atoms with E-state index in [-0.39, 0.29) is 28.9 Å². The number of ether oxygens (including phenoxy) is 1. The van der Waals surface area contributed by atoms with Gasteiger partial charge in [-0.3, -0.25) is 9.36 Å². The van der Waals surface area contributed by atoms with E-state index in [1.54, 1.807) is 6.92 Å². The number of nitrogens with two attached hydrogens (primary N) is 1. The smallest absolute Gasteiger partial charge is 0.341 e. The normalized spacial score (nSPS) is 16.8. The monoisotopic (exact) mass is 372 g/mol. The summed E-state index contributed by atoms with van der Waals surface area (Å²) in [4.78, 5) is 23.7. The minimum atomic E-state index is -1.30. The minimum Gasteiger partial charge on any atom is -0.488 e. The number of aromatic nitrogens is 1. The summed E-state index contributed by atoms with van der Waals surface area (Å²) in [7, 11) is 0. The SMILES string of the molecule is C[C@H]1COc2c(Br)c(Cl)c(N)c3cc(C(=O)O)c(=O)n1c23. The Kier molecular flexibility index (Phi) is 3.14. The number of benzene rings is 1. The van der Waals surface area contributed by atoms with Crippen LogP contribution in [0.1, 0.15) is 23.3 Å². The molecule has 1 aromatic heterocycles. The molecule has 3 rings (SSSR count). The third-order valence-corrected chi connectivity index (χ3v) is 4.89. The van der Waals surface area contributed by atoms with Crippen LogP contribution in [0.25, 0.3) is 10.9 Å². The Bertz CT molecular complexity index is 862. The second kappa shape index (κ2) is 4.64. The maximum Gasteiger partial charge on any atom is 0.341 e. The summed E-state index contributed by atoms with van der Waals surface area (Å²) >= 11 is 9.44. The summed E-state index contributed by atoms with van der Waals surface area (Å²) in [6.07, 6.45) is 0. The second-order valence-electron chi connectivity index (χ2n) is 4.83. The molecule has 0 saturated heterocycles. The molecule has 8 heteroatoms. The number of carboxylic acid groups (broad SMARTS) is 1. The molecule has 1 atom stereocenters. The van der Waals surface area contributed by atoms with Gasteiger partial charge in [0.05, 0.1) is 26.7 Å². The molecule has 21 heavy (non-hydrogen) atoms. The van der Waals surface area contributed by atoms with Crippen LogP contribution in [0, 0.1) is 0 Å². The fraction of sp³-hybridized carbons (Fsp3) is 0.231. The minimum absolute atomic E-state index is 0.205. The van der Waals surface area contributed by atoms with Gasteiger partial charge in [-0.05, 0) is 28.9 Å². The molecule has 0 saturated carbocycles. The maximum absolute atomic E-state index is 12.4. The number of nitrogens with zero attached hydrogens (tertiary/aromatic N) is 1. The van der Waals surface area contributed by atoms with Gasteiger partial charge in [-0.25, -0.2) is 4.79 Å². The van der Waals surface area contributed by atoms with Crippen molar-refractivity contribution >= 4 is 50.1 Å². The molecule has 1 aromatic carbocycles. The topological polar surface area (TPSA) is 94.6 Å². The van der Waals surface area contributed by atoms with Crippen LogP contribution in [-0.2, 0) is 0 Å². The van der Waals surface area contributed by atoms with Gasteiger partial charge in [0.2, 0.25) is 0 Å². The lowest BCUT2D eigenvalue weighted by atomic mass is 10.1. The van der Waals surface area contributed by atoms with E-state index < -0.39 is 11.5 Å². The molecule has 0 radical (unpaired) electrons. The van der Waals surface area contributed by atoms with Crippen LogP contribution in [-0.4, -0.2) is 22.2 Å². The summed E-state index contributed by atoms with van der Waals surface area (Å²) < 4.78 is 7.49. The van der Waals surface area contributed by atoms with E-state index in [2.05, 4.69) is 15.9 Å². The molecule has 110 valence electrons. The molecule has 1 aliphatic heterocycles. The van der Waals surface area contributed by atoms with E-state index in [1.807, 2.05) is 0 Å². The summed E-state index contributed by atoms with van der Waals surface area (Å²) in [5.41, 5.74) is 5.71. The number of anilines is 1. The molecular weight excluding hydrogens is 364 g/mol. The number of aromatic carboxylic acids is 1. The van der Waals surface area contributed by atoms with E-state index in [0.717, 1.165) is 0 Å². The highest BCUT2D eigenvalue weighted by Crippen LogP contribution is 2.46. The summed E-state index contributed by atoms with van der Waals surface area (Å²) in [6.45, 7) is 2.01. The Labute approximate surface area is 132 Å². The lowest BCUT2D eigenvalue weighted by Crippen LogP contribution is -2.34. The highest BCUT2D eigenvalue weighted by atomic mass is 79.9. The summed E-state index contributed by atoms with van der Waals surface area (Å²) in [6, 6.07) is 0.939. The van der Waals surface area contributed by atoms with E-state index in [0.29, 0.717) is 21.1 Å². The Balaban J connectivity index is 2.63. The molecule has 6 nitrogen and oxygen atoms in total. The first-order chi connectivity index (χ1) is 9.84. The van der Waals surface area contributed by atoms with Crippen molar-refractivity contribution in [2.75, 3.05) is 12.3 Å². The molecule has 1 aliphatic rings. The first-order valence-corrected chi connectivity index (χ1v) is 7.23. The van der Waals surface area contributed by atoms with Gasteiger partial charge in [-0.15, -0.1) is 0 Å². The average molecular weight is 374 g/mol. The number of carboxylic acids is 1. The van der Waals surface area contributed by atoms with Crippen molar-refractivity contribution in [1.29, 1.82) is 0 Å². The molecule has 0 fully saturated rings. The standard InChI is InChI=1S/C13H10BrClN2O4/c1-4-3-21-11-7(14)8(15)9(16)5-2-6(13(19)20)12(18)17(4)10(5)11/h2,4H,3,16H2,1H3,(H,19,20)/t4-/m0/s1. The molecule has 2 heterocycles. The molecular formula is C13H10BrClN2O4. The Morgan fingerprint density at radius 3 is 2.90 bits per heavy atom. The number of hydrogen-bond donors (Lipinski definition) is 2. The van der Waals surface area contributed by atoms with Gasteiger partial charge in [0.15, 0.2) is 5.75 Å². The third-order valence-electron chi connectivity index (χ3n) is 3.51. The summed E-state index contributed by atoms with van der Waals surface area (Å²) in [5, 5.41) is 9.83. The van der Waals surface area contributed by atoms with Crippen molar-refractivity contribution in [2.24, 2.45) is 0 Å². The summed E-state index contributed by atoms with van der Waals surface area (Å²) in [5.74, 6) is -0.902. The fourth-order valence-corrected chi connectivity index (χ4v) is 3.20. The Morgan fingerprint density at radius 1 is 1.62 bits per heavy atom. The first kappa shape index (κ1) is 14.2. The Hall–Kier alpha value is -1.73. The van der Waals surface area contributed by atoms with Crippen LogP contribution >= 0.6 is 27.5 Å². The molecule has 2 aromatic rings. The first-order valence-electron chi connectivity index (χ1n) is 6.06. The molecule has 0 aliphatic carbocycles. The predicted octanol–water partition coefficient (Wildman–Crippen LogP) is 2.65. The molecule has 0 spiro atoms. The van der Waals surface area contributed by atoms with Crippen molar-refractivity contribution in [3.63, 3.8) is 0 Å². The van der Waals surface area contributed by atoms with Crippen molar-refractivity contribution in [2.45, 2.75) is 13.0 Å². The molecule has 0 unspecified atom stereocenters. The zero-order valence-corrected chi connectivity index (χ0v) is 13.2. The number of nitrogen functional groups attached to an aromatic ring is 1. The number of rotatable bonds is 1. The maximum atomic E-state index is 12.4. The van der Waals surface area contributed by atoms with Crippen molar-refractivity contribution < 1.29 is 14.6 Å². The predicted molar refractivity (Wildman–Crippen MR) is 82.5 cm³/mol. The van der Waals surface area contributed by atoms with E-state index in [4.69, 9.17) is 22.1 Å². The number of pyridine rings is 1. The van der Waals surface area contributed by atoms with Gasteiger partial charge in [-0.1, -0.05) is 11.6 Å². The van der Waals surface area contributed by atoms with Gasteiger partial charge in [0.25, 0.3) is 5.56 Å². The molecule has 0 bridgehead atoms. The van der Waals surface area contributed by atoms with Gasteiger partial charge in [-0.2, -0.15) is 0 Å². The van der Waals surface area contributed by atoms with Crippen LogP contribution < -0.4 is 16.0 Å². The zero-order valence-electron chi connectivity index (χ0n) is 10.8. The number of halogens is 2. The van der Waals surface area contributed by atoms with Gasteiger partial charge < -0.3 is 15.6 Å². The van der Waals surface area contributed by atoms with Gasteiger partial charge in [0.1, 0.15) is 12.2 Å². The van der Waals surface area contributed by atoms with E-state index in [9.17, 15) is 14.7 Å². The third kappa shape index (κ3) is 1.84. The molecule has 3 N–H and O–H groups in total. The molecule has 0 amide bonds. The van der Waals surface area contributed by atoms with Crippen LogP contribution in [0.15, 0.2) is 15.3 Å². The van der Waals surface area contributed by atoms with Gasteiger partial charge >= 0.3 is 5.97 Å². The highest BCUT2D eigenvalue weighted by Gasteiger charge is 2.28. The second-order valence-corrected chi connectivity index (χ2v) is 6.00. The number of hydrogen-bond acceptors (Lipinski definition) is 4. The number of carbonyl (C=O) groups is 1.